The summed E-state index contributed by atoms with van der Waals surface area (Å²) < 4.78 is 5.48. The number of methoxy groups -OCH3 is 1. The van der Waals surface area contributed by atoms with E-state index in [2.05, 4.69) is 26.6 Å². The Balaban J connectivity index is 1.54. The second kappa shape index (κ2) is 8.81. The third kappa shape index (κ3) is 4.61. The van der Waals surface area contributed by atoms with E-state index in [4.69, 9.17) is 16.3 Å². The van der Waals surface area contributed by atoms with Gasteiger partial charge in [0.1, 0.15) is 5.75 Å². The summed E-state index contributed by atoms with van der Waals surface area (Å²) in [4.78, 5) is 6.69. The molecule has 2 aromatic rings. The minimum Gasteiger partial charge on any atom is -0.495 e. The Morgan fingerprint density at radius 2 is 2.00 bits per heavy atom. The Morgan fingerprint density at radius 1 is 1.23 bits per heavy atom. The highest BCUT2D eigenvalue weighted by Gasteiger charge is 2.25. The lowest BCUT2D eigenvalue weighted by atomic mass is 10.2. The standard InChI is InChI=1S/C20H25ClN4O/c1-22-20(23-13-15-7-9-16(21)10-8-15)24-17-11-12-25(14-17)18-5-3-4-6-19(18)26-2/h3-10,17H,11-14H2,1-2H3,(H2,22,23,24). The zero-order chi connectivity index (χ0) is 18.4. The number of para-hydroxylation sites is 2. The van der Waals surface area contributed by atoms with Gasteiger partial charge in [0.2, 0.25) is 0 Å². The largest absolute Gasteiger partial charge is 0.495 e. The first kappa shape index (κ1) is 18.4. The summed E-state index contributed by atoms with van der Waals surface area (Å²) >= 11 is 5.93. The number of guanidine groups is 1. The molecule has 0 amide bonds. The van der Waals surface area contributed by atoms with Crippen molar-refractivity contribution in [1.82, 2.24) is 10.6 Å². The van der Waals surface area contributed by atoms with Gasteiger partial charge in [0.05, 0.1) is 12.8 Å². The Hall–Kier alpha value is -2.40. The predicted octanol–water partition coefficient (Wildman–Crippen LogP) is 3.29. The van der Waals surface area contributed by atoms with E-state index in [1.54, 1.807) is 14.2 Å². The summed E-state index contributed by atoms with van der Waals surface area (Å²) in [5.74, 6) is 1.73. The first-order chi connectivity index (χ1) is 12.7. The Labute approximate surface area is 160 Å². The van der Waals surface area contributed by atoms with Crippen molar-refractivity contribution >= 4 is 23.2 Å². The molecule has 1 atom stereocenters. The van der Waals surface area contributed by atoms with E-state index < -0.39 is 0 Å². The van der Waals surface area contributed by atoms with Gasteiger partial charge in [-0.25, -0.2) is 0 Å². The van der Waals surface area contributed by atoms with Crippen molar-refractivity contribution in [2.45, 2.75) is 19.0 Å². The maximum Gasteiger partial charge on any atom is 0.191 e. The molecule has 1 aliphatic rings. The van der Waals surface area contributed by atoms with E-state index in [1.807, 2.05) is 42.5 Å². The van der Waals surface area contributed by atoms with Gasteiger partial charge in [-0.15, -0.1) is 0 Å². The molecule has 0 aromatic heterocycles. The molecule has 1 aliphatic heterocycles. The number of anilines is 1. The van der Waals surface area contributed by atoms with Crippen LogP contribution >= 0.6 is 11.6 Å². The van der Waals surface area contributed by atoms with Crippen LogP contribution in [-0.2, 0) is 6.54 Å². The second-order valence-electron chi connectivity index (χ2n) is 6.30. The molecule has 1 heterocycles. The molecule has 0 spiro atoms. The number of nitrogens with one attached hydrogen (secondary N) is 2. The van der Waals surface area contributed by atoms with E-state index in [0.717, 1.165) is 41.9 Å². The fourth-order valence-electron chi connectivity index (χ4n) is 3.16. The molecule has 6 heteroatoms. The first-order valence-electron chi connectivity index (χ1n) is 8.79. The van der Waals surface area contributed by atoms with Gasteiger partial charge in [-0.05, 0) is 36.2 Å². The van der Waals surface area contributed by atoms with Crippen LogP contribution < -0.4 is 20.3 Å². The van der Waals surface area contributed by atoms with Crippen molar-refractivity contribution in [2.24, 2.45) is 4.99 Å². The number of hydrogen-bond acceptors (Lipinski definition) is 3. The fraction of sp³-hybridized carbons (Fsp3) is 0.350. The molecular weight excluding hydrogens is 348 g/mol. The van der Waals surface area contributed by atoms with Gasteiger partial charge >= 0.3 is 0 Å². The van der Waals surface area contributed by atoms with Gasteiger partial charge in [-0.1, -0.05) is 35.9 Å². The number of ether oxygens (including phenoxy) is 1. The van der Waals surface area contributed by atoms with E-state index in [-0.39, 0.29) is 0 Å². The zero-order valence-corrected chi connectivity index (χ0v) is 16.0. The van der Waals surface area contributed by atoms with Gasteiger partial charge in [-0.2, -0.15) is 0 Å². The number of hydrogen-bond donors (Lipinski definition) is 2. The summed E-state index contributed by atoms with van der Waals surface area (Å²) in [6, 6.07) is 16.3. The van der Waals surface area contributed by atoms with Gasteiger partial charge < -0.3 is 20.3 Å². The molecule has 0 aliphatic carbocycles. The monoisotopic (exact) mass is 372 g/mol. The molecule has 1 saturated heterocycles. The third-order valence-electron chi connectivity index (χ3n) is 4.55. The van der Waals surface area contributed by atoms with Gasteiger partial charge in [0.25, 0.3) is 0 Å². The van der Waals surface area contributed by atoms with Crippen molar-refractivity contribution in [2.75, 3.05) is 32.1 Å². The Kier molecular flexibility index (Phi) is 6.23. The third-order valence-corrected chi connectivity index (χ3v) is 4.80. The summed E-state index contributed by atoms with van der Waals surface area (Å²) in [6.45, 7) is 2.62. The van der Waals surface area contributed by atoms with Crippen LogP contribution in [0.5, 0.6) is 5.75 Å². The summed E-state index contributed by atoms with van der Waals surface area (Å²) in [6.07, 6.45) is 1.06. The Bertz CT molecular complexity index is 748. The average Bonchev–Trinajstić information content (AvgIpc) is 3.14. The molecule has 1 fully saturated rings. The van der Waals surface area contributed by atoms with Gasteiger partial charge in [-0.3, -0.25) is 4.99 Å². The molecule has 2 aromatic carbocycles. The number of aliphatic imine (C=N–C) groups is 1. The topological polar surface area (TPSA) is 48.9 Å². The lowest BCUT2D eigenvalue weighted by molar-refractivity contribution is 0.415. The quantitative estimate of drug-likeness (QED) is 0.624. The van der Waals surface area contributed by atoms with Crippen molar-refractivity contribution in [1.29, 1.82) is 0 Å². The summed E-state index contributed by atoms with van der Waals surface area (Å²) in [5.41, 5.74) is 2.31. The number of rotatable bonds is 5. The zero-order valence-electron chi connectivity index (χ0n) is 15.2. The van der Waals surface area contributed by atoms with Crippen LogP contribution in [-0.4, -0.2) is 39.2 Å². The van der Waals surface area contributed by atoms with Crippen molar-refractivity contribution < 1.29 is 4.74 Å². The molecule has 5 nitrogen and oxygen atoms in total. The lowest BCUT2D eigenvalue weighted by Gasteiger charge is -2.22. The Morgan fingerprint density at radius 3 is 2.73 bits per heavy atom. The highest BCUT2D eigenvalue weighted by molar-refractivity contribution is 6.30. The highest BCUT2D eigenvalue weighted by Crippen LogP contribution is 2.30. The molecule has 0 bridgehead atoms. The molecular formula is C20H25ClN4O. The molecule has 138 valence electrons. The van der Waals surface area contributed by atoms with Crippen molar-refractivity contribution in [3.05, 3.63) is 59.1 Å². The van der Waals surface area contributed by atoms with Crippen LogP contribution in [0.4, 0.5) is 5.69 Å². The molecule has 2 N–H and O–H groups in total. The second-order valence-corrected chi connectivity index (χ2v) is 6.74. The van der Waals surface area contributed by atoms with Crippen LogP contribution in [0.2, 0.25) is 5.02 Å². The van der Waals surface area contributed by atoms with Crippen LogP contribution in [0.1, 0.15) is 12.0 Å². The normalized spacial score (nSPS) is 17.3. The molecule has 26 heavy (non-hydrogen) atoms. The van der Waals surface area contributed by atoms with E-state index in [9.17, 15) is 0 Å². The smallest absolute Gasteiger partial charge is 0.191 e. The number of benzene rings is 2. The van der Waals surface area contributed by atoms with Crippen molar-refractivity contribution in [3.8, 4) is 5.75 Å². The average molecular weight is 373 g/mol. The highest BCUT2D eigenvalue weighted by atomic mass is 35.5. The predicted molar refractivity (Wildman–Crippen MR) is 108 cm³/mol. The fourth-order valence-corrected chi connectivity index (χ4v) is 3.29. The number of nitrogens with zero attached hydrogens (tertiary/aromatic N) is 2. The molecule has 0 radical (unpaired) electrons. The molecule has 0 saturated carbocycles. The van der Waals surface area contributed by atoms with E-state index >= 15 is 0 Å². The maximum absolute atomic E-state index is 5.93. The molecule has 3 rings (SSSR count). The van der Waals surface area contributed by atoms with Crippen LogP contribution in [0.25, 0.3) is 0 Å². The minimum atomic E-state index is 0.344. The lowest BCUT2D eigenvalue weighted by Crippen LogP contribution is -2.44. The summed E-state index contributed by atoms with van der Waals surface area (Å²) in [5, 5.41) is 7.63. The van der Waals surface area contributed by atoms with Crippen LogP contribution in [0.15, 0.2) is 53.5 Å². The van der Waals surface area contributed by atoms with Crippen molar-refractivity contribution in [3.63, 3.8) is 0 Å². The van der Waals surface area contributed by atoms with Crippen LogP contribution in [0.3, 0.4) is 0 Å². The first-order valence-corrected chi connectivity index (χ1v) is 9.17. The van der Waals surface area contributed by atoms with E-state index in [1.165, 1.54) is 5.56 Å². The minimum absolute atomic E-state index is 0.344. The van der Waals surface area contributed by atoms with Crippen LogP contribution in [0, 0.1) is 0 Å². The van der Waals surface area contributed by atoms with Gasteiger partial charge in [0, 0.05) is 37.7 Å². The molecule has 1 unspecified atom stereocenters. The maximum atomic E-state index is 5.93. The van der Waals surface area contributed by atoms with Gasteiger partial charge in [0.15, 0.2) is 5.96 Å². The number of halogens is 1. The SMILES string of the molecule is CN=C(NCc1ccc(Cl)cc1)NC1CCN(c2ccccc2OC)C1. The summed E-state index contributed by atoms with van der Waals surface area (Å²) in [7, 11) is 3.51. The van der Waals surface area contributed by atoms with E-state index in [0.29, 0.717) is 12.6 Å².